The van der Waals surface area contributed by atoms with Crippen molar-refractivity contribution in [2.24, 2.45) is 28.6 Å². The van der Waals surface area contributed by atoms with Gasteiger partial charge in [0.25, 0.3) is 0 Å². The Bertz CT molecular complexity index is 1170. The lowest BCUT2D eigenvalue weighted by Gasteiger charge is -2.52. The van der Waals surface area contributed by atoms with Crippen LogP contribution in [-0.2, 0) is 9.59 Å². The van der Waals surface area contributed by atoms with E-state index in [0.29, 0.717) is 31.2 Å². The zero-order valence-electron chi connectivity index (χ0n) is 26.5. The lowest BCUT2D eigenvalue weighted by molar-refractivity contribution is -0.154. The van der Waals surface area contributed by atoms with Crippen LogP contribution in [0.25, 0.3) is 0 Å². The zero-order valence-corrected chi connectivity index (χ0v) is 26.5. The predicted molar refractivity (Wildman–Crippen MR) is 168 cm³/mol. The van der Waals surface area contributed by atoms with Gasteiger partial charge in [-0.15, -0.1) is 0 Å². The maximum absolute atomic E-state index is 14.9. The molecule has 1 fully saturated rings. The summed E-state index contributed by atoms with van der Waals surface area (Å²) in [5.74, 6) is -1.30. The molecule has 2 rings (SSSR count). The first-order valence-electron chi connectivity index (χ1n) is 14.9. The van der Waals surface area contributed by atoms with Gasteiger partial charge in [-0.3, -0.25) is 14.4 Å². The highest BCUT2D eigenvalue weighted by Crippen LogP contribution is 2.56. The first-order valence-corrected chi connectivity index (χ1v) is 14.9. The zero-order chi connectivity index (χ0) is 30.3. The predicted octanol–water partition coefficient (Wildman–Crippen LogP) is 9.70. The number of rotatable bonds is 13. The Morgan fingerprint density at radius 1 is 0.925 bits per heavy atom. The van der Waals surface area contributed by atoms with E-state index in [2.05, 4.69) is 66.3 Å². The molecule has 1 aliphatic carbocycles. The first-order chi connectivity index (χ1) is 18.6. The Balaban J connectivity index is 2.77. The van der Waals surface area contributed by atoms with Crippen LogP contribution >= 0.6 is 0 Å². The van der Waals surface area contributed by atoms with Gasteiger partial charge in [0.15, 0.2) is 11.6 Å². The fourth-order valence-corrected chi connectivity index (χ4v) is 6.16. The van der Waals surface area contributed by atoms with Crippen LogP contribution < -0.4 is 0 Å². The molecule has 1 unspecified atom stereocenters. The van der Waals surface area contributed by atoms with Crippen LogP contribution in [0.3, 0.4) is 0 Å². The second-order valence-electron chi connectivity index (χ2n) is 13.4. The second-order valence-corrected chi connectivity index (χ2v) is 13.4. The third kappa shape index (κ3) is 8.12. The van der Waals surface area contributed by atoms with E-state index in [1.807, 2.05) is 39.0 Å². The van der Waals surface area contributed by atoms with Crippen molar-refractivity contribution in [2.45, 2.75) is 101 Å². The molecule has 0 heterocycles. The van der Waals surface area contributed by atoms with Crippen molar-refractivity contribution in [1.29, 1.82) is 0 Å². The Kier molecular flexibility index (Phi) is 11.9. The molecule has 1 aromatic rings. The fraction of sp³-hybridized carbons (Fsp3) is 0.541. The van der Waals surface area contributed by atoms with Gasteiger partial charge in [0, 0.05) is 12.0 Å². The van der Waals surface area contributed by atoms with E-state index < -0.39 is 16.7 Å². The van der Waals surface area contributed by atoms with Crippen molar-refractivity contribution < 1.29 is 14.4 Å². The molecule has 0 aromatic heterocycles. The number of carbonyl (C=O) groups is 3. The average molecular weight is 545 g/mol. The Hall–Kier alpha value is -2.81. The first kappa shape index (κ1) is 33.4. The molecule has 0 N–H and O–H groups in total. The average Bonchev–Trinajstić information content (AvgIpc) is 2.86. The Morgan fingerprint density at radius 2 is 1.50 bits per heavy atom. The molecule has 0 aliphatic heterocycles. The maximum atomic E-state index is 14.9. The minimum Gasteiger partial charge on any atom is -0.299 e. The Morgan fingerprint density at radius 3 is 2.02 bits per heavy atom. The van der Waals surface area contributed by atoms with E-state index in [0.717, 1.165) is 24.0 Å². The molecular weight excluding hydrogens is 492 g/mol. The van der Waals surface area contributed by atoms with Gasteiger partial charge in [0.2, 0.25) is 0 Å². The van der Waals surface area contributed by atoms with Crippen LogP contribution in [0.1, 0.15) is 111 Å². The fourth-order valence-electron chi connectivity index (χ4n) is 6.16. The summed E-state index contributed by atoms with van der Waals surface area (Å²) in [5, 5.41) is 0. The molecule has 0 radical (unpaired) electrons. The van der Waals surface area contributed by atoms with Gasteiger partial charge in [0.1, 0.15) is 5.78 Å². The molecule has 218 valence electrons. The van der Waals surface area contributed by atoms with Crippen LogP contribution in [0.5, 0.6) is 0 Å². The van der Waals surface area contributed by atoms with E-state index in [1.54, 1.807) is 12.1 Å². The van der Waals surface area contributed by atoms with Crippen molar-refractivity contribution in [1.82, 2.24) is 0 Å². The summed E-state index contributed by atoms with van der Waals surface area (Å²) >= 11 is 0. The van der Waals surface area contributed by atoms with E-state index in [1.165, 1.54) is 11.1 Å². The van der Waals surface area contributed by atoms with Gasteiger partial charge in [-0.1, -0.05) is 91.3 Å². The van der Waals surface area contributed by atoms with Gasteiger partial charge >= 0.3 is 0 Å². The summed E-state index contributed by atoms with van der Waals surface area (Å²) < 4.78 is 0. The number of benzene rings is 1. The largest absolute Gasteiger partial charge is 0.299 e. The van der Waals surface area contributed by atoms with Crippen LogP contribution in [0.15, 0.2) is 77.4 Å². The second kappa shape index (κ2) is 14.2. The SMILES string of the molecule is C=C(C)C(CC=C(C)C)C[C@@]1(C(=O)CCC=C(C)C)C[C@H](CC=C(C)C)C(C)(C)[C@H](C(=O)c2ccccc2)C1=O. The molecule has 3 nitrogen and oxygen atoms in total. The van der Waals surface area contributed by atoms with Crippen LogP contribution in [0, 0.1) is 28.6 Å². The van der Waals surface area contributed by atoms with Crippen molar-refractivity contribution in [3.63, 3.8) is 0 Å². The molecular formula is C37H52O3. The van der Waals surface area contributed by atoms with Gasteiger partial charge in [-0.05, 0) is 97.8 Å². The number of ketones is 3. The smallest absolute Gasteiger partial charge is 0.173 e. The lowest BCUT2D eigenvalue weighted by atomic mass is 9.48. The van der Waals surface area contributed by atoms with Crippen molar-refractivity contribution in [3.05, 3.63) is 83.0 Å². The minimum atomic E-state index is -1.22. The van der Waals surface area contributed by atoms with E-state index in [-0.39, 0.29) is 29.2 Å². The number of allylic oxidation sites excluding steroid dienone is 7. The third-order valence-electron chi connectivity index (χ3n) is 8.82. The normalized spacial score (nSPS) is 22.6. The number of hydrogen-bond donors (Lipinski definition) is 0. The highest BCUT2D eigenvalue weighted by molar-refractivity contribution is 6.19. The highest BCUT2D eigenvalue weighted by Gasteiger charge is 2.61. The summed E-state index contributed by atoms with van der Waals surface area (Å²) in [4.78, 5) is 43.4. The van der Waals surface area contributed by atoms with E-state index in [4.69, 9.17) is 0 Å². The molecule has 0 spiro atoms. The molecule has 0 bridgehead atoms. The molecule has 40 heavy (non-hydrogen) atoms. The van der Waals surface area contributed by atoms with Gasteiger partial charge in [-0.2, -0.15) is 0 Å². The topological polar surface area (TPSA) is 51.2 Å². The number of hydrogen-bond acceptors (Lipinski definition) is 3. The van der Waals surface area contributed by atoms with Crippen molar-refractivity contribution in [3.8, 4) is 0 Å². The molecule has 0 saturated heterocycles. The van der Waals surface area contributed by atoms with Gasteiger partial charge in [0.05, 0.1) is 11.3 Å². The summed E-state index contributed by atoms with van der Waals surface area (Å²) in [6.07, 6.45) is 9.66. The highest BCUT2D eigenvalue weighted by atomic mass is 16.2. The van der Waals surface area contributed by atoms with Crippen LogP contribution in [-0.4, -0.2) is 17.3 Å². The Labute approximate surface area is 243 Å². The van der Waals surface area contributed by atoms with Crippen LogP contribution in [0.2, 0.25) is 0 Å². The summed E-state index contributed by atoms with van der Waals surface area (Å²) in [6, 6.07) is 9.12. The third-order valence-corrected chi connectivity index (χ3v) is 8.82. The molecule has 1 saturated carbocycles. The van der Waals surface area contributed by atoms with Crippen molar-refractivity contribution in [2.75, 3.05) is 0 Å². The van der Waals surface area contributed by atoms with Crippen LogP contribution in [0.4, 0.5) is 0 Å². The molecule has 0 amide bonds. The summed E-state index contributed by atoms with van der Waals surface area (Å²) in [6.45, 7) is 22.7. The van der Waals surface area contributed by atoms with Gasteiger partial charge in [-0.25, -0.2) is 0 Å². The molecule has 3 heteroatoms. The molecule has 4 atom stereocenters. The van der Waals surface area contributed by atoms with Crippen molar-refractivity contribution >= 4 is 17.3 Å². The lowest BCUT2D eigenvalue weighted by Crippen LogP contribution is -2.58. The number of Topliss-reactive ketones (excluding diaryl/α,β-unsaturated/α-hetero) is 3. The molecule has 1 aromatic carbocycles. The van der Waals surface area contributed by atoms with Gasteiger partial charge < -0.3 is 0 Å². The van der Waals surface area contributed by atoms with E-state index in [9.17, 15) is 14.4 Å². The maximum Gasteiger partial charge on any atom is 0.173 e. The number of carbonyl (C=O) groups excluding carboxylic acids is 3. The summed E-state index contributed by atoms with van der Waals surface area (Å²) in [5.41, 5.74) is 3.23. The quantitative estimate of drug-likeness (QED) is 0.141. The standard InChI is InChI=1S/C37H52O3/c1-25(2)15-14-18-32(38)37(23-30(28(7)8)21-19-26(3)4)24-31(22-20-27(5)6)36(9,10)33(35(37)40)34(39)29-16-12-11-13-17-29/h11-13,15-17,19-20,30-31,33H,7,14,18,21-24H2,1-6,8-10H3/t30?,31-,33+,37-/m0/s1. The summed E-state index contributed by atoms with van der Waals surface area (Å²) in [7, 11) is 0. The van der Waals surface area contributed by atoms with E-state index >= 15 is 0 Å². The monoisotopic (exact) mass is 544 g/mol. The molecule has 1 aliphatic rings. The minimum absolute atomic E-state index is 0.000564.